The quantitative estimate of drug-likeness (QED) is 0.917. The number of benzene rings is 1. The molecule has 1 aromatic carbocycles. The molecule has 1 saturated heterocycles. The van der Waals surface area contributed by atoms with Crippen LogP contribution in [0, 0.1) is 5.41 Å². The lowest BCUT2D eigenvalue weighted by Crippen LogP contribution is -2.42. The molecule has 20 heavy (non-hydrogen) atoms. The first-order valence-corrected chi connectivity index (χ1v) is 7.52. The first-order valence-electron chi connectivity index (χ1n) is 7.52. The maximum atomic E-state index is 5.88. The fraction of sp³-hybridized carbons (Fsp3) is 0.647. The molecule has 3 heteroatoms. The second kappa shape index (κ2) is 7.21. The molecule has 0 amide bonds. The van der Waals surface area contributed by atoms with Crippen molar-refractivity contribution in [2.45, 2.75) is 45.9 Å². The monoisotopic (exact) mass is 277 g/mol. The lowest BCUT2D eigenvalue weighted by atomic mass is 9.85. The van der Waals surface area contributed by atoms with Crippen LogP contribution < -0.4 is 5.32 Å². The molecular formula is C17H27NO2. The maximum absolute atomic E-state index is 5.88. The van der Waals surface area contributed by atoms with Crippen molar-refractivity contribution >= 4 is 0 Å². The van der Waals surface area contributed by atoms with E-state index in [1.807, 2.05) is 18.2 Å². The Hall–Kier alpha value is -0.900. The van der Waals surface area contributed by atoms with Crippen LogP contribution in [0.2, 0.25) is 0 Å². The molecular weight excluding hydrogens is 250 g/mol. The molecule has 1 aromatic rings. The average Bonchev–Trinajstić information content (AvgIpc) is 2.65. The van der Waals surface area contributed by atoms with E-state index in [-0.39, 0.29) is 11.5 Å². The number of nitrogens with one attached hydrogen (secondary N) is 1. The molecule has 1 fully saturated rings. The predicted octanol–water partition coefficient (Wildman–Crippen LogP) is 3.00. The van der Waals surface area contributed by atoms with Gasteiger partial charge in [-0.25, -0.2) is 0 Å². The summed E-state index contributed by atoms with van der Waals surface area (Å²) >= 11 is 0. The second-order valence-electron chi connectivity index (χ2n) is 6.61. The Morgan fingerprint density at radius 1 is 1.25 bits per heavy atom. The first kappa shape index (κ1) is 15.5. The van der Waals surface area contributed by atoms with E-state index in [2.05, 4.69) is 38.2 Å². The molecule has 0 bridgehead atoms. The Morgan fingerprint density at radius 2 is 2.00 bits per heavy atom. The lowest BCUT2D eigenvalue weighted by Gasteiger charge is -2.30. The molecule has 3 nitrogen and oxygen atoms in total. The Bertz CT molecular complexity index is 386. The summed E-state index contributed by atoms with van der Waals surface area (Å²) in [6.07, 6.45) is 1.23. The molecule has 2 rings (SSSR count). The number of ether oxygens (including phenoxy) is 2. The third kappa shape index (κ3) is 4.89. The van der Waals surface area contributed by atoms with Crippen LogP contribution in [0.5, 0.6) is 0 Å². The van der Waals surface area contributed by atoms with Gasteiger partial charge in [0.25, 0.3) is 0 Å². The van der Waals surface area contributed by atoms with E-state index in [1.54, 1.807) is 0 Å². The van der Waals surface area contributed by atoms with Crippen LogP contribution in [0.25, 0.3) is 0 Å². The van der Waals surface area contributed by atoms with E-state index in [9.17, 15) is 0 Å². The van der Waals surface area contributed by atoms with Crippen LogP contribution in [-0.2, 0) is 16.1 Å². The molecule has 1 N–H and O–H groups in total. The van der Waals surface area contributed by atoms with Crippen molar-refractivity contribution < 1.29 is 9.47 Å². The minimum absolute atomic E-state index is 0.158. The van der Waals surface area contributed by atoms with Gasteiger partial charge in [0.05, 0.1) is 19.3 Å². The number of hydrogen-bond acceptors (Lipinski definition) is 3. The average molecular weight is 277 g/mol. The molecule has 0 spiro atoms. The summed E-state index contributed by atoms with van der Waals surface area (Å²) in [6.45, 7) is 9.82. The van der Waals surface area contributed by atoms with E-state index in [1.165, 1.54) is 5.56 Å². The molecule has 1 heterocycles. The Balaban J connectivity index is 1.72. The highest BCUT2D eigenvalue weighted by Gasteiger charge is 2.27. The smallest absolute Gasteiger partial charge is 0.0932 e. The minimum atomic E-state index is 0.158. The molecule has 1 aliphatic rings. The molecule has 0 aromatic heterocycles. The summed E-state index contributed by atoms with van der Waals surface area (Å²) in [5.74, 6) is 0. The molecule has 0 aliphatic carbocycles. The van der Waals surface area contributed by atoms with Gasteiger partial charge < -0.3 is 14.8 Å². The van der Waals surface area contributed by atoms with Crippen LogP contribution in [-0.4, -0.2) is 31.9 Å². The fourth-order valence-corrected chi connectivity index (χ4v) is 2.52. The van der Waals surface area contributed by atoms with Gasteiger partial charge in [-0.1, -0.05) is 51.1 Å². The predicted molar refractivity (Wildman–Crippen MR) is 81.7 cm³/mol. The topological polar surface area (TPSA) is 30.5 Å². The van der Waals surface area contributed by atoms with Gasteiger partial charge in [-0.05, 0) is 17.4 Å². The first-order chi connectivity index (χ1) is 9.55. The summed E-state index contributed by atoms with van der Waals surface area (Å²) in [5.41, 5.74) is 1.49. The van der Waals surface area contributed by atoms with Gasteiger partial charge in [0.15, 0.2) is 0 Å². The maximum Gasteiger partial charge on any atom is 0.0932 e. The standard InChI is InChI=1S/C17H27NO2/c1-17(2,3)16-9-10-20-15(11-18-16)13-19-12-14-7-5-4-6-8-14/h4-8,15-16,18H,9-13H2,1-3H3. The zero-order valence-electron chi connectivity index (χ0n) is 12.9. The van der Waals surface area contributed by atoms with Gasteiger partial charge in [0.2, 0.25) is 0 Å². The van der Waals surface area contributed by atoms with Gasteiger partial charge in [0.1, 0.15) is 0 Å². The summed E-state index contributed by atoms with van der Waals surface area (Å²) in [4.78, 5) is 0. The summed E-state index contributed by atoms with van der Waals surface area (Å²) in [6, 6.07) is 10.8. The van der Waals surface area contributed by atoms with E-state index >= 15 is 0 Å². The van der Waals surface area contributed by atoms with Crippen molar-refractivity contribution in [1.82, 2.24) is 5.32 Å². The summed E-state index contributed by atoms with van der Waals surface area (Å²) in [5, 5.41) is 3.62. The van der Waals surface area contributed by atoms with Crippen molar-refractivity contribution in [1.29, 1.82) is 0 Å². The molecule has 2 unspecified atom stereocenters. The number of hydrogen-bond donors (Lipinski definition) is 1. The van der Waals surface area contributed by atoms with Gasteiger partial charge in [-0.2, -0.15) is 0 Å². The molecule has 0 saturated carbocycles. The highest BCUT2D eigenvalue weighted by atomic mass is 16.5. The highest BCUT2D eigenvalue weighted by molar-refractivity contribution is 5.13. The van der Waals surface area contributed by atoms with Crippen LogP contribution in [0.4, 0.5) is 0 Å². The summed E-state index contributed by atoms with van der Waals surface area (Å²) < 4.78 is 11.6. The van der Waals surface area contributed by atoms with Crippen molar-refractivity contribution in [3.8, 4) is 0 Å². The van der Waals surface area contributed by atoms with Gasteiger partial charge in [-0.3, -0.25) is 0 Å². The van der Waals surface area contributed by atoms with Crippen molar-refractivity contribution in [3.63, 3.8) is 0 Å². The Kier molecular flexibility index (Phi) is 5.58. The Labute approximate surface area is 122 Å². The molecule has 112 valence electrons. The van der Waals surface area contributed by atoms with Crippen LogP contribution >= 0.6 is 0 Å². The lowest BCUT2D eigenvalue weighted by molar-refractivity contribution is -0.0129. The fourth-order valence-electron chi connectivity index (χ4n) is 2.52. The van der Waals surface area contributed by atoms with Crippen LogP contribution in [0.3, 0.4) is 0 Å². The van der Waals surface area contributed by atoms with Gasteiger partial charge in [0, 0.05) is 19.2 Å². The van der Waals surface area contributed by atoms with E-state index in [0.717, 1.165) is 19.6 Å². The van der Waals surface area contributed by atoms with Crippen LogP contribution in [0.1, 0.15) is 32.8 Å². The largest absolute Gasteiger partial charge is 0.374 e. The van der Waals surface area contributed by atoms with E-state index < -0.39 is 0 Å². The minimum Gasteiger partial charge on any atom is -0.374 e. The third-order valence-corrected chi connectivity index (χ3v) is 3.81. The van der Waals surface area contributed by atoms with Crippen molar-refractivity contribution in [2.75, 3.05) is 19.8 Å². The van der Waals surface area contributed by atoms with Crippen LogP contribution in [0.15, 0.2) is 30.3 Å². The molecule has 2 atom stereocenters. The number of rotatable bonds is 4. The van der Waals surface area contributed by atoms with Gasteiger partial charge >= 0.3 is 0 Å². The Morgan fingerprint density at radius 3 is 2.70 bits per heavy atom. The zero-order valence-corrected chi connectivity index (χ0v) is 12.9. The van der Waals surface area contributed by atoms with E-state index in [4.69, 9.17) is 9.47 Å². The zero-order chi connectivity index (χ0) is 14.4. The van der Waals surface area contributed by atoms with Crippen molar-refractivity contribution in [2.24, 2.45) is 5.41 Å². The highest BCUT2D eigenvalue weighted by Crippen LogP contribution is 2.23. The van der Waals surface area contributed by atoms with Gasteiger partial charge in [-0.15, -0.1) is 0 Å². The summed E-state index contributed by atoms with van der Waals surface area (Å²) in [7, 11) is 0. The van der Waals surface area contributed by atoms with E-state index in [0.29, 0.717) is 19.3 Å². The normalized spacial score (nSPS) is 24.4. The molecule has 1 aliphatic heterocycles. The van der Waals surface area contributed by atoms with Crippen molar-refractivity contribution in [3.05, 3.63) is 35.9 Å². The SMILES string of the molecule is CC(C)(C)C1CCOC(COCc2ccccc2)CN1. The molecule has 0 radical (unpaired) electrons. The third-order valence-electron chi connectivity index (χ3n) is 3.81. The second-order valence-corrected chi connectivity index (χ2v) is 6.61.